The van der Waals surface area contributed by atoms with E-state index in [1.165, 1.54) is 115 Å². The highest BCUT2D eigenvalue weighted by Crippen LogP contribution is 2.60. The summed E-state index contributed by atoms with van der Waals surface area (Å²) in [6, 6.07) is 61.2. The lowest BCUT2D eigenvalue weighted by Crippen LogP contribution is -2.55. The summed E-state index contributed by atoms with van der Waals surface area (Å²) >= 11 is 0. The highest BCUT2D eigenvalue weighted by Gasteiger charge is 2.48. The molecule has 0 saturated carbocycles. The van der Waals surface area contributed by atoms with Crippen molar-refractivity contribution in [2.45, 2.75) is 5.41 Å². The zero-order valence-corrected chi connectivity index (χ0v) is 34.0. The Morgan fingerprint density at radius 3 is 1.46 bits per heavy atom. The third-order valence-corrected chi connectivity index (χ3v) is 14.2. The van der Waals surface area contributed by atoms with Crippen LogP contribution in [0, 0.1) is 0 Å². The molecule has 0 radical (unpaired) electrons. The van der Waals surface area contributed by atoms with Crippen molar-refractivity contribution >= 4 is 121 Å². The van der Waals surface area contributed by atoms with Crippen molar-refractivity contribution in [2.24, 2.45) is 0 Å². The Morgan fingerprint density at radius 2 is 0.864 bits per heavy atom. The van der Waals surface area contributed by atoms with Crippen molar-refractivity contribution in [3.8, 4) is 33.4 Å². The van der Waals surface area contributed by atoms with Gasteiger partial charge in [-0.2, -0.15) is 0 Å². The van der Waals surface area contributed by atoms with Gasteiger partial charge in [0.1, 0.15) is 50.4 Å². The van der Waals surface area contributed by atoms with Gasteiger partial charge in [-0.25, -0.2) is 0 Å². The standard InChI is InChI=1S/C53H37B5O/c54-47-44(48(55)50(57)51(58)49(47)56)33-25-30-21-19-28-23-32(24-29-20-22-31(26-33)43(30)42(28)29)38-27-40-46(52-45(38)37-16-8-10-18-41(37)59-52)36-15-7-9-17-39(36)53(40,34-11-3-1-4-12-34)35-13-5-2-6-14-35/h1-27H,54-58H2. The normalized spacial score (nSPS) is 13.2. The van der Waals surface area contributed by atoms with Crippen LogP contribution >= 0.6 is 0 Å². The third kappa shape index (κ3) is 4.58. The van der Waals surface area contributed by atoms with E-state index in [2.05, 4.69) is 203 Å². The van der Waals surface area contributed by atoms with Crippen molar-refractivity contribution in [2.75, 3.05) is 0 Å². The Hall–Kier alpha value is -6.64. The summed E-state index contributed by atoms with van der Waals surface area (Å²) in [5.74, 6) is 0. The van der Waals surface area contributed by atoms with Crippen LogP contribution in [0.15, 0.2) is 168 Å². The minimum Gasteiger partial charge on any atom is -0.455 e. The molecule has 0 aliphatic heterocycles. The van der Waals surface area contributed by atoms with Crippen LogP contribution in [0.2, 0.25) is 0 Å². The molecule has 10 aromatic carbocycles. The fraction of sp³-hybridized carbons (Fsp3) is 0.0189. The van der Waals surface area contributed by atoms with Crippen LogP contribution in [0.4, 0.5) is 0 Å². The molecule has 0 unspecified atom stereocenters. The maximum atomic E-state index is 7.06. The van der Waals surface area contributed by atoms with Crippen molar-refractivity contribution < 1.29 is 4.42 Å². The molecule has 12 rings (SSSR count). The highest BCUT2D eigenvalue weighted by molar-refractivity contribution is 6.68. The zero-order chi connectivity index (χ0) is 39.7. The highest BCUT2D eigenvalue weighted by atomic mass is 16.3. The summed E-state index contributed by atoms with van der Waals surface area (Å²) in [6.07, 6.45) is 0. The van der Waals surface area contributed by atoms with Crippen molar-refractivity contribution in [1.29, 1.82) is 0 Å². The Bertz CT molecular complexity index is 3420. The lowest BCUT2D eigenvalue weighted by Gasteiger charge is -2.34. The zero-order valence-electron chi connectivity index (χ0n) is 34.0. The number of benzene rings is 10. The number of fused-ring (bicyclic) bond motifs is 7. The Labute approximate surface area is 348 Å². The molecule has 1 nitrogen and oxygen atoms in total. The van der Waals surface area contributed by atoms with Gasteiger partial charge in [0.2, 0.25) is 0 Å². The molecular weight excluding hydrogens is 707 g/mol. The average Bonchev–Trinajstić information content (AvgIpc) is 3.81. The Morgan fingerprint density at radius 1 is 0.373 bits per heavy atom. The second-order valence-electron chi connectivity index (χ2n) is 16.9. The lowest BCUT2D eigenvalue weighted by molar-refractivity contribution is 0.669. The largest absolute Gasteiger partial charge is 0.455 e. The van der Waals surface area contributed by atoms with Gasteiger partial charge in [-0.15, -0.1) is 16.4 Å². The van der Waals surface area contributed by atoms with Crippen LogP contribution in [-0.2, 0) is 5.41 Å². The molecule has 0 amide bonds. The maximum absolute atomic E-state index is 7.06. The van der Waals surface area contributed by atoms with Crippen LogP contribution < -0.4 is 27.3 Å². The molecule has 6 heteroatoms. The number of hydrogen-bond acceptors (Lipinski definition) is 1. The van der Waals surface area contributed by atoms with Crippen LogP contribution in [0.5, 0.6) is 0 Å². The predicted octanol–water partition coefficient (Wildman–Crippen LogP) is 5.47. The minimum atomic E-state index is -0.546. The molecule has 1 heterocycles. The summed E-state index contributed by atoms with van der Waals surface area (Å²) in [7, 11) is 11.4. The van der Waals surface area contributed by atoms with Crippen molar-refractivity contribution in [1.82, 2.24) is 0 Å². The fourth-order valence-electron chi connectivity index (χ4n) is 11.1. The Kier molecular flexibility index (Phi) is 7.25. The van der Waals surface area contributed by atoms with Crippen molar-refractivity contribution in [3.05, 3.63) is 186 Å². The quantitative estimate of drug-likeness (QED) is 0.172. The van der Waals surface area contributed by atoms with Gasteiger partial charge in [0.15, 0.2) is 0 Å². The van der Waals surface area contributed by atoms with E-state index in [0.29, 0.717) is 0 Å². The molecular formula is C53H37B5O. The van der Waals surface area contributed by atoms with E-state index in [1.807, 2.05) is 0 Å². The second kappa shape index (κ2) is 12.4. The molecule has 0 saturated heterocycles. The smallest absolute Gasteiger partial charge is 0.144 e. The van der Waals surface area contributed by atoms with Gasteiger partial charge < -0.3 is 4.42 Å². The lowest BCUT2D eigenvalue weighted by atomic mass is 9.59. The first-order valence-corrected chi connectivity index (χ1v) is 20.8. The molecule has 0 spiro atoms. The van der Waals surface area contributed by atoms with Gasteiger partial charge in [-0.1, -0.05) is 138 Å². The summed E-state index contributed by atoms with van der Waals surface area (Å²) in [5.41, 5.74) is 20.7. The molecule has 0 N–H and O–H groups in total. The molecule has 1 aromatic heterocycles. The van der Waals surface area contributed by atoms with E-state index in [1.54, 1.807) is 0 Å². The van der Waals surface area contributed by atoms with E-state index in [-0.39, 0.29) is 0 Å². The van der Waals surface area contributed by atoms with Gasteiger partial charge in [-0.05, 0) is 119 Å². The van der Waals surface area contributed by atoms with Crippen LogP contribution in [0.25, 0.3) is 87.6 Å². The monoisotopic (exact) mass is 744 g/mol. The summed E-state index contributed by atoms with van der Waals surface area (Å²) < 4.78 is 7.06. The van der Waals surface area contributed by atoms with Gasteiger partial charge in [0.05, 0.1) is 5.41 Å². The fourth-order valence-corrected chi connectivity index (χ4v) is 11.1. The SMILES string of the molecule is Bc1c(B)c(B)c(-c2cc3ccc4cc(-c5cc6c(c7oc8ccccc8c57)-c5ccccc5C6(c5ccccc5)c5ccccc5)cc5ccc(c2)c3c45)c(B)c1B. The number of para-hydroxylation sites is 1. The van der Waals surface area contributed by atoms with E-state index < -0.39 is 5.41 Å². The number of rotatable bonds is 4. The molecule has 0 fully saturated rings. The van der Waals surface area contributed by atoms with Gasteiger partial charge >= 0.3 is 0 Å². The number of furan rings is 1. The third-order valence-electron chi connectivity index (χ3n) is 14.2. The first-order valence-electron chi connectivity index (χ1n) is 20.8. The molecule has 1 aliphatic carbocycles. The summed E-state index contributed by atoms with van der Waals surface area (Å²) in [4.78, 5) is 0. The molecule has 1 aliphatic rings. The van der Waals surface area contributed by atoms with E-state index in [4.69, 9.17) is 4.42 Å². The Balaban J connectivity index is 1.16. The molecule has 59 heavy (non-hydrogen) atoms. The van der Waals surface area contributed by atoms with Crippen molar-refractivity contribution in [3.63, 3.8) is 0 Å². The van der Waals surface area contributed by atoms with Gasteiger partial charge in [-0.3, -0.25) is 0 Å². The van der Waals surface area contributed by atoms with Crippen LogP contribution in [-0.4, -0.2) is 39.2 Å². The minimum absolute atomic E-state index is 0.546. The number of hydrogen-bond donors (Lipinski definition) is 0. The van der Waals surface area contributed by atoms with Crippen LogP contribution in [0.3, 0.4) is 0 Å². The summed E-state index contributed by atoms with van der Waals surface area (Å²) in [5, 5.41) is 10.0. The first-order chi connectivity index (χ1) is 28.8. The second-order valence-corrected chi connectivity index (χ2v) is 16.9. The van der Waals surface area contributed by atoms with Gasteiger partial charge in [0, 0.05) is 16.3 Å². The predicted molar refractivity (Wildman–Crippen MR) is 266 cm³/mol. The van der Waals surface area contributed by atoms with E-state index in [9.17, 15) is 0 Å². The maximum Gasteiger partial charge on any atom is 0.144 e. The topological polar surface area (TPSA) is 13.1 Å². The molecule has 0 bridgehead atoms. The summed E-state index contributed by atoms with van der Waals surface area (Å²) in [6.45, 7) is 0. The van der Waals surface area contributed by atoms with Gasteiger partial charge in [0.25, 0.3) is 0 Å². The average molecular weight is 744 g/mol. The molecule has 0 atom stereocenters. The van der Waals surface area contributed by atoms with Crippen LogP contribution in [0.1, 0.15) is 22.3 Å². The van der Waals surface area contributed by atoms with E-state index >= 15 is 0 Å². The van der Waals surface area contributed by atoms with E-state index in [0.717, 1.165) is 21.9 Å². The molecule has 270 valence electrons. The first kappa shape index (κ1) is 34.4. The molecule has 11 aromatic rings.